The fraction of sp³-hybridized carbons (Fsp3) is 0.0769. The summed E-state index contributed by atoms with van der Waals surface area (Å²) in [5, 5.41) is 3.45. The molecule has 0 saturated heterocycles. The molecule has 0 bridgehead atoms. The van der Waals surface area contributed by atoms with Gasteiger partial charge in [0.15, 0.2) is 0 Å². The number of rotatable bonds is 3. The Morgan fingerprint density at radius 2 is 2.00 bits per heavy atom. The van der Waals surface area contributed by atoms with Crippen molar-refractivity contribution >= 4 is 39.1 Å². The molecule has 0 atom stereocenters. The van der Waals surface area contributed by atoms with Crippen molar-refractivity contribution in [3.05, 3.63) is 57.8 Å². The van der Waals surface area contributed by atoms with Gasteiger partial charge >= 0.3 is 0 Å². The zero-order valence-electron chi connectivity index (χ0n) is 9.36. The predicted octanol–water partition coefficient (Wildman–Crippen LogP) is 3.68. The summed E-state index contributed by atoms with van der Waals surface area (Å²) in [6.07, 6.45) is 1.96. The largest absolute Gasteiger partial charge is 0.323 e. The first kappa shape index (κ1) is 13.1. The normalized spacial score (nSPS) is 10.1. The molecule has 0 aliphatic rings. The lowest BCUT2D eigenvalue weighted by Gasteiger charge is -2.06. The highest BCUT2D eigenvalue weighted by atomic mass is 79.9. The van der Waals surface area contributed by atoms with Crippen LogP contribution in [0.1, 0.15) is 5.56 Å². The van der Waals surface area contributed by atoms with E-state index >= 15 is 0 Å². The minimum atomic E-state index is -0.0916. The Hall–Kier alpha value is -1.39. The second-order valence-corrected chi connectivity index (χ2v) is 4.88. The minimum Gasteiger partial charge on any atom is -0.323 e. The van der Waals surface area contributed by atoms with Crippen molar-refractivity contribution in [1.29, 1.82) is 0 Å². The first-order valence-electron chi connectivity index (χ1n) is 5.30. The number of benzene rings is 1. The van der Waals surface area contributed by atoms with Gasteiger partial charge in [0, 0.05) is 11.2 Å². The van der Waals surface area contributed by atoms with Crippen molar-refractivity contribution in [2.75, 3.05) is 5.32 Å². The van der Waals surface area contributed by atoms with Gasteiger partial charge in [-0.15, -0.1) is 0 Å². The molecule has 92 valence electrons. The third kappa shape index (κ3) is 3.55. The zero-order chi connectivity index (χ0) is 13.0. The first-order valence-corrected chi connectivity index (χ1v) is 6.47. The molecule has 0 unspecified atom stereocenters. The SMILES string of the molecule is O=C(Cc1ccc(Cl)cc1)Nc1cccnc1Br. The van der Waals surface area contributed by atoms with Crippen LogP contribution in [0.15, 0.2) is 47.2 Å². The second-order valence-electron chi connectivity index (χ2n) is 3.69. The number of amides is 1. The summed E-state index contributed by atoms with van der Waals surface area (Å²) in [6.45, 7) is 0. The van der Waals surface area contributed by atoms with Crippen LogP contribution in [-0.2, 0) is 11.2 Å². The molecule has 1 N–H and O–H groups in total. The van der Waals surface area contributed by atoms with Gasteiger partial charge in [-0.1, -0.05) is 23.7 Å². The van der Waals surface area contributed by atoms with E-state index in [4.69, 9.17) is 11.6 Å². The van der Waals surface area contributed by atoms with Crippen LogP contribution in [0.2, 0.25) is 5.02 Å². The quantitative estimate of drug-likeness (QED) is 0.875. The molecule has 0 saturated carbocycles. The topological polar surface area (TPSA) is 42.0 Å². The van der Waals surface area contributed by atoms with Gasteiger partial charge in [-0.25, -0.2) is 4.98 Å². The van der Waals surface area contributed by atoms with Gasteiger partial charge in [0.05, 0.1) is 12.1 Å². The highest BCUT2D eigenvalue weighted by Crippen LogP contribution is 2.18. The van der Waals surface area contributed by atoms with Gasteiger partial charge in [-0.3, -0.25) is 4.79 Å². The average Bonchev–Trinajstić information content (AvgIpc) is 2.35. The van der Waals surface area contributed by atoms with Crippen molar-refractivity contribution in [2.45, 2.75) is 6.42 Å². The number of pyridine rings is 1. The van der Waals surface area contributed by atoms with Gasteiger partial charge in [0.1, 0.15) is 4.60 Å². The molecule has 1 aromatic heterocycles. The van der Waals surface area contributed by atoms with Crippen LogP contribution in [0, 0.1) is 0 Å². The van der Waals surface area contributed by atoms with E-state index in [1.54, 1.807) is 30.5 Å². The molecule has 2 aromatic rings. The molecule has 1 aromatic carbocycles. The Balaban J connectivity index is 2.01. The van der Waals surface area contributed by atoms with Crippen LogP contribution in [0.3, 0.4) is 0 Å². The summed E-state index contributed by atoms with van der Waals surface area (Å²) < 4.78 is 0.620. The number of hydrogen-bond acceptors (Lipinski definition) is 2. The molecular formula is C13H10BrClN2O. The molecule has 0 fully saturated rings. The molecule has 1 heterocycles. The zero-order valence-corrected chi connectivity index (χ0v) is 11.7. The van der Waals surface area contributed by atoms with Gasteiger partial charge in [0.25, 0.3) is 0 Å². The molecule has 5 heteroatoms. The monoisotopic (exact) mass is 324 g/mol. The van der Waals surface area contributed by atoms with Crippen LogP contribution in [0.5, 0.6) is 0 Å². The molecule has 18 heavy (non-hydrogen) atoms. The molecule has 0 aliphatic heterocycles. The van der Waals surface area contributed by atoms with Crippen LogP contribution < -0.4 is 5.32 Å². The van der Waals surface area contributed by atoms with Crippen LogP contribution >= 0.6 is 27.5 Å². The smallest absolute Gasteiger partial charge is 0.228 e. The van der Waals surface area contributed by atoms with E-state index in [1.165, 1.54) is 0 Å². The Kier molecular flexibility index (Phi) is 4.33. The second kappa shape index (κ2) is 5.98. The summed E-state index contributed by atoms with van der Waals surface area (Å²) in [6, 6.07) is 10.8. The van der Waals surface area contributed by atoms with Crippen LogP contribution in [0.4, 0.5) is 5.69 Å². The van der Waals surface area contributed by atoms with Gasteiger partial charge in [-0.05, 0) is 45.8 Å². The van der Waals surface area contributed by atoms with E-state index in [9.17, 15) is 4.79 Å². The molecular weight excluding hydrogens is 316 g/mol. The Morgan fingerprint density at radius 3 is 2.67 bits per heavy atom. The summed E-state index contributed by atoms with van der Waals surface area (Å²) in [5.74, 6) is -0.0916. The number of aromatic nitrogens is 1. The van der Waals surface area contributed by atoms with Crippen molar-refractivity contribution in [1.82, 2.24) is 4.98 Å². The first-order chi connectivity index (χ1) is 8.65. The Labute approximate surface area is 118 Å². The molecule has 2 rings (SSSR count). The van der Waals surface area contributed by atoms with E-state index in [-0.39, 0.29) is 5.91 Å². The van der Waals surface area contributed by atoms with Crippen molar-refractivity contribution in [2.24, 2.45) is 0 Å². The van der Waals surface area contributed by atoms with Crippen molar-refractivity contribution < 1.29 is 4.79 Å². The van der Waals surface area contributed by atoms with Crippen LogP contribution in [-0.4, -0.2) is 10.9 Å². The fourth-order valence-electron chi connectivity index (χ4n) is 1.46. The van der Waals surface area contributed by atoms with Gasteiger partial charge in [-0.2, -0.15) is 0 Å². The molecule has 0 aliphatic carbocycles. The number of carbonyl (C=O) groups is 1. The summed E-state index contributed by atoms with van der Waals surface area (Å²) in [7, 11) is 0. The Morgan fingerprint density at radius 1 is 1.28 bits per heavy atom. The maximum absolute atomic E-state index is 11.8. The molecule has 0 radical (unpaired) electrons. The number of nitrogens with zero attached hydrogens (tertiary/aromatic N) is 1. The predicted molar refractivity (Wildman–Crippen MR) is 75.7 cm³/mol. The van der Waals surface area contributed by atoms with E-state index < -0.39 is 0 Å². The van der Waals surface area contributed by atoms with Crippen molar-refractivity contribution in [3.8, 4) is 0 Å². The number of anilines is 1. The number of hydrogen-bond donors (Lipinski definition) is 1. The number of nitrogens with one attached hydrogen (secondary N) is 1. The minimum absolute atomic E-state index is 0.0916. The Bertz CT molecular complexity index is 557. The lowest BCUT2D eigenvalue weighted by molar-refractivity contribution is -0.115. The van der Waals surface area contributed by atoms with E-state index in [1.807, 2.05) is 12.1 Å². The fourth-order valence-corrected chi connectivity index (χ4v) is 1.94. The maximum atomic E-state index is 11.8. The molecule has 3 nitrogen and oxygen atoms in total. The summed E-state index contributed by atoms with van der Waals surface area (Å²) >= 11 is 9.06. The van der Waals surface area contributed by atoms with E-state index in [2.05, 4.69) is 26.2 Å². The van der Waals surface area contributed by atoms with E-state index in [0.29, 0.717) is 21.7 Å². The number of halogens is 2. The lowest BCUT2D eigenvalue weighted by atomic mass is 10.1. The van der Waals surface area contributed by atoms with Gasteiger partial charge < -0.3 is 5.32 Å². The molecule has 1 amide bonds. The van der Waals surface area contributed by atoms with E-state index in [0.717, 1.165) is 5.56 Å². The number of carbonyl (C=O) groups excluding carboxylic acids is 1. The molecule has 0 spiro atoms. The van der Waals surface area contributed by atoms with Crippen LogP contribution in [0.25, 0.3) is 0 Å². The standard InChI is InChI=1S/C13H10BrClN2O/c14-13-11(2-1-7-16-13)17-12(18)8-9-3-5-10(15)6-4-9/h1-7H,8H2,(H,17,18). The van der Waals surface area contributed by atoms with Crippen molar-refractivity contribution in [3.63, 3.8) is 0 Å². The third-order valence-electron chi connectivity index (χ3n) is 2.31. The third-order valence-corrected chi connectivity index (χ3v) is 3.20. The highest BCUT2D eigenvalue weighted by molar-refractivity contribution is 9.10. The summed E-state index contributed by atoms with van der Waals surface area (Å²) in [5.41, 5.74) is 1.58. The maximum Gasteiger partial charge on any atom is 0.228 e. The van der Waals surface area contributed by atoms with Gasteiger partial charge in [0.2, 0.25) is 5.91 Å². The average molecular weight is 326 g/mol. The lowest BCUT2D eigenvalue weighted by Crippen LogP contribution is -2.14. The highest BCUT2D eigenvalue weighted by Gasteiger charge is 2.06. The summed E-state index contributed by atoms with van der Waals surface area (Å²) in [4.78, 5) is 15.9.